The van der Waals surface area contributed by atoms with Crippen molar-refractivity contribution in [3.63, 3.8) is 0 Å². The highest BCUT2D eigenvalue weighted by atomic mass is 32.2. The van der Waals surface area contributed by atoms with Gasteiger partial charge in [0, 0.05) is 30.0 Å². The Morgan fingerprint density at radius 1 is 1.15 bits per heavy atom. The maximum atomic E-state index is 9.69. The van der Waals surface area contributed by atoms with E-state index in [1.807, 2.05) is 42.6 Å². The van der Waals surface area contributed by atoms with Gasteiger partial charge in [0.25, 0.3) is 0 Å². The van der Waals surface area contributed by atoms with E-state index in [1.54, 1.807) is 30.2 Å². The monoisotopic (exact) mass is 372 g/mol. The Morgan fingerprint density at radius 3 is 2.89 bits per heavy atom. The molecule has 0 amide bonds. The van der Waals surface area contributed by atoms with Crippen LogP contribution in [0.1, 0.15) is 11.3 Å². The molecule has 3 heterocycles. The van der Waals surface area contributed by atoms with Crippen LogP contribution in [0.2, 0.25) is 0 Å². The number of allylic oxidation sites excluding steroid dienone is 1. The molecular formula is C20H16N6S. The summed E-state index contributed by atoms with van der Waals surface area (Å²) in [7, 11) is 0. The smallest absolute Gasteiger partial charge is 0.223 e. The second-order valence-corrected chi connectivity index (χ2v) is 6.89. The number of benzene rings is 1. The van der Waals surface area contributed by atoms with Gasteiger partial charge < -0.3 is 10.6 Å². The topological polar surface area (TPSA) is 86.5 Å². The van der Waals surface area contributed by atoms with E-state index in [-0.39, 0.29) is 0 Å². The van der Waals surface area contributed by atoms with Crippen molar-refractivity contribution in [1.82, 2.24) is 15.0 Å². The van der Waals surface area contributed by atoms with Crippen LogP contribution in [0, 0.1) is 11.3 Å². The molecule has 3 aromatic rings. The van der Waals surface area contributed by atoms with Crippen molar-refractivity contribution in [1.29, 1.82) is 5.26 Å². The molecule has 27 heavy (non-hydrogen) atoms. The zero-order valence-electron chi connectivity index (χ0n) is 14.4. The van der Waals surface area contributed by atoms with Gasteiger partial charge in [-0.1, -0.05) is 30.0 Å². The summed E-state index contributed by atoms with van der Waals surface area (Å²) in [6.07, 6.45) is 6.09. The molecule has 7 heteroatoms. The first-order chi connectivity index (χ1) is 13.3. The third kappa shape index (κ3) is 3.91. The van der Waals surface area contributed by atoms with Gasteiger partial charge in [-0.05, 0) is 36.2 Å². The van der Waals surface area contributed by atoms with Crippen molar-refractivity contribution in [3.8, 4) is 6.07 Å². The summed E-state index contributed by atoms with van der Waals surface area (Å²) in [4.78, 5) is 14.0. The van der Waals surface area contributed by atoms with Crippen LogP contribution in [-0.2, 0) is 6.42 Å². The number of nitrogens with one attached hydrogen (secondary N) is 2. The number of rotatable bonds is 5. The van der Waals surface area contributed by atoms with Crippen LogP contribution >= 0.6 is 11.8 Å². The van der Waals surface area contributed by atoms with Crippen LogP contribution in [0.25, 0.3) is 5.57 Å². The molecule has 0 unspecified atom stereocenters. The fourth-order valence-electron chi connectivity index (χ4n) is 2.70. The van der Waals surface area contributed by atoms with E-state index < -0.39 is 0 Å². The molecule has 0 atom stereocenters. The summed E-state index contributed by atoms with van der Waals surface area (Å²) in [5, 5.41) is 17.0. The molecule has 1 aromatic carbocycles. The van der Waals surface area contributed by atoms with E-state index in [0.29, 0.717) is 23.8 Å². The van der Waals surface area contributed by atoms with Crippen molar-refractivity contribution in [3.05, 3.63) is 77.3 Å². The van der Waals surface area contributed by atoms with Crippen LogP contribution < -0.4 is 10.6 Å². The van der Waals surface area contributed by atoms with Gasteiger partial charge in [0.15, 0.2) is 0 Å². The van der Waals surface area contributed by atoms with Crippen molar-refractivity contribution in [2.75, 3.05) is 17.2 Å². The van der Waals surface area contributed by atoms with Crippen LogP contribution in [0.3, 0.4) is 0 Å². The van der Waals surface area contributed by atoms with Crippen molar-refractivity contribution in [2.45, 2.75) is 11.3 Å². The van der Waals surface area contributed by atoms with Crippen LogP contribution in [0.4, 0.5) is 11.6 Å². The van der Waals surface area contributed by atoms with E-state index in [4.69, 9.17) is 0 Å². The lowest BCUT2D eigenvalue weighted by Crippen LogP contribution is -2.09. The predicted octanol–water partition coefficient (Wildman–Crippen LogP) is 3.94. The molecule has 1 aliphatic rings. The first-order valence-electron chi connectivity index (χ1n) is 8.48. The highest BCUT2D eigenvalue weighted by molar-refractivity contribution is 8.04. The highest BCUT2D eigenvalue weighted by Gasteiger charge is 2.20. The van der Waals surface area contributed by atoms with Gasteiger partial charge in [-0.25, -0.2) is 9.97 Å². The van der Waals surface area contributed by atoms with Gasteiger partial charge in [-0.15, -0.1) is 0 Å². The van der Waals surface area contributed by atoms with Crippen molar-refractivity contribution < 1.29 is 0 Å². The normalized spacial score (nSPS) is 14.0. The second-order valence-electron chi connectivity index (χ2n) is 5.84. The Morgan fingerprint density at radius 2 is 2.07 bits per heavy atom. The Kier molecular flexibility index (Phi) is 4.99. The average Bonchev–Trinajstić information content (AvgIpc) is 3.13. The number of pyridine rings is 1. The molecule has 4 rings (SSSR count). The molecule has 2 N–H and O–H groups in total. The summed E-state index contributed by atoms with van der Waals surface area (Å²) in [6.45, 7) is 0.687. The number of thioether (sulfide) groups is 1. The molecule has 0 fully saturated rings. The molecule has 0 radical (unpaired) electrons. The minimum atomic E-state index is 0.505. The van der Waals surface area contributed by atoms with Crippen molar-refractivity contribution >= 4 is 29.0 Å². The molecule has 6 nitrogen and oxygen atoms in total. The van der Waals surface area contributed by atoms with Gasteiger partial charge in [-0.3, -0.25) is 4.98 Å². The number of para-hydroxylation sites is 1. The van der Waals surface area contributed by atoms with E-state index in [9.17, 15) is 5.26 Å². The quantitative estimate of drug-likeness (QED) is 0.656. The molecule has 0 bridgehead atoms. The Bertz CT molecular complexity index is 999. The van der Waals surface area contributed by atoms with Crippen LogP contribution in [0.5, 0.6) is 0 Å². The maximum Gasteiger partial charge on any atom is 0.223 e. The lowest BCUT2D eigenvalue weighted by atomic mass is 10.2. The zero-order chi connectivity index (χ0) is 18.5. The Labute approximate surface area is 161 Å². The number of aromatic nitrogens is 3. The SMILES string of the molecule is N#C/C(=C1\Nc2ccccc2S1)c1ccnc(NCCc2cccnc2)n1. The fourth-order valence-corrected chi connectivity index (χ4v) is 3.71. The van der Waals surface area contributed by atoms with Gasteiger partial charge in [0.1, 0.15) is 11.6 Å². The molecule has 0 spiro atoms. The van der Waals surface area contributed by atoms with Crippen molar-refractivity contribution in [2.24, 2.45) is 0 Å². The van der Waals surface area contributed by atoms with E-state index >= 15 is 0 Å². The largest absolute Gasteiger partial charge is 0.354 e. The number of fused-ring (bicyclic) bond motifs is 1. The summed E-state index contributed by atoms with van der Waals surface area (Å²) < 4.78 is 0. The van der Waals surface area contributed by atoms with Gasteiger partial charge >= 0.3 is 0 Å². The fraction of sp³-hybridized carbons (Fsp3) is 0.100. The molecular weight excluding hydrogens is 356 g/mol. The summed E-state index contributed by atoms with van der Waals surface area (Å²) >= 11 is 1.54. The number of nitrogens with zero attached hydrogens (tertiary/aromatic N) is 4. The summed E-state index contributed by atoms with van der Waals surface area (Å²) in [5.41, 5.74) is 3.26. The molecule has 0 saturated heterocycles. The summed E-state index contributed by atoms with van der Waals surface area (Å²) in [5.74, 6) is 0.505. The molecule has 132 valence electrons. The van der Waals surface area contributed by atoms with E-state index in [1.165, 1.54) is 0 Å². The second kappa shape index (κ2) is 7.89. The molecule has 2 aromatic heterocycles. The van der Waals surface area contributed by atoms with Crippen LogP contribution in [0.15, 0.2) is 71.0 Å². The van der Waals surface area contributed by atoms with Gasteiger partial charge in [0.2, 0.25) is 5.95 Å². The predicted molar refractivity (Wildman–Crippen MR) is 107 cm³/mol. The molecule has 0 saturated carbocycles. The zero-order valence-corrected chi connectivity index (χ0v) is 15.2. The minimum Gasteiger partial charge on any atom is -0.354 e. The average molecular weight is 372 g/mol. The number of nitriles is 1. The highest BCUT2D eigenvalue weighted by Crippen LogP contribution is 2.43. The molecule has 1 aliphatic heterocycles. The first-order valence-corrected chi connectivity index (χ1v) is 9.29. The molecule has 0 aliphatic carbocycles. The lowest BCUT2D eigenvalue weighted by molar-refractivity contribution is 0.972. The van der Waals surface area contributed by atoms with Crippen LogP contribution in [-0.4, -0.2) is 21.5 Å². The Balaban J connectivity index is 1.50. The maximum absolute atomic E-state index is 9.69. The third-order valence-electron chi connectivity index (χ3n) is 4.02. The first kappa shape index (κ1) is 17.1. The number of hydrogen-bond donors (Lipinski definition) is 2. The Hall–Kier alpha value is -3.37. The van der Waals surface area contributed by atoms with E-state index in [2.05, 4.69) is 31.7 Å². The lowest BCUT2D eigenvalue weighted by Gasteiger charge is -2.07. The standard InChI is InChI=1S/C20H16N6S/c21-12-15(19-25-17-5-1-2-6-18(17)27-19)16-8-11-24-20(26-16)23-10-7-14-4-3-9-22-13-14/h1-6,8-9,11,13,25H,7,10H2,(H,23,24,26)/b19-15-. The van der Waals surface area contributed by atoms with Gasteiger partial charge in [-0.2, -0.15) is 5.26 Å². The minimum absolute atomic E-state index is 0.505. The number of hydrogen-bond acceptors (Lipinski definition) is 7. The summed E-state index contributed by atoms with van der Waals surface area (Å²) in [6, 6.07) is 16.0. The number of anilines is 2. The van der Waals surface area contributed by atoms with E-state index in [0.717, 1.165) is 27.6 Å². The third-order valence-corrected chi connectivity index (χ3v) is 5.10. The van der Waals surface area contributed by atoms with Gasteiger partial charge in [0.05, 0.1) is 16.4 Å².